The van der Waals surface area contributed by atoms with Crippen molar-refractivity contribution < 1.29 is 18.3 Å². The first kappa shape index (κ1) is 19.3. The van der Waals surface area contributed by atoms with Crippen LogP contribution in [0.3, 0.4) is 0 Å². The van der Waals surface area contributed by atoms with Gasteiger partial charge in [0.2, 0.25) is 5.95 Å². The standard InChI is InChI=1S/C20H21FN4O3/c1-12-6-5-7-17(13(12)2)27-11-15-8-9-18(28-15)20(26)23-22-10-16-14(3)24-25(4)19(16)21/h5-10H,11H2,1-4H3,(H,23,26)/b22-10+. The maximum Gasteiger partial charge on any atom is 0.307 e. The number of halogens is 1. The Morgan fingerprint density at radius 3 is 2.82 bits per heavy atom. The third-order valence-electron chi connectivity index (χ3n) is 4.37. The minimum Gasteiger partial charge on any atom is -0.485 e. The Bertz CT molecular complexity index is 1040. The van der Waals surface area contributed by atoms with Crippen LogP contribution < -0.4 is 10.2 Å². The molecule has 0 aliphatic rings. The fraction of sp³-hybridized carbons (Fsp3) is 0.250. The van der Waals surface area contributed by atoms with Gasteiger partial charge in [-0.2, -0.15) is 14.6 Å². The van der Waals surface area contributed by atoms with Gasteiger partial charge >= 0.3 is 5.91 Å². The van der Waals surface area contributed by atoms with E-state index in [1.165, 1.54) is 19.3 Å². The number of amides is 1. The minimum absolute atomic E-state index is 0.0834. The molecule has 3 rings (SSSR count). The Balaban J connectivity index is 1.59. The van der Waals surface area contributed by atoms with E-state index in [4.69, 9.17) is 9.15 Å². The summed E-state index contributed by atoms with van der Waals surface area (Å²) in [6.07, 6.45) is 1.21. The lowest BCUT2D eigenvalue weighted by Crippen LogP contribution is -2.17. The lowest BCUT2D eigenvalue weighted by atomic mass is 10.1. The number of carbonyl (C=O) groups excluding carboxylic acids is 1. The predicted molar refractivity (Wildman–Crippen MR) is 102 cm³/mol. The van der Waals surface area contributed by atoms with Crippen LogP contribution in [0.5, 0.6) is 5.75 Å². The maximum atomic E-state index is 13.8. The van der Waals surface area contributed by atoms with Gasteiger partial charge < -0.3 is 9.15 Å². The molecule has 28 heavy (non-hydrogen) atoms. The van der Waals surface area contributed by atoms with Crippen molar-refractivity contribution in [2.75, 3.05) is 0 Å². The Hall–Kier alpha value is -3.42. The monoisotopic (exact) mass is 384 g/mol. The molecule has 7 nitrogen and oxygen atoms in total. The second-order valence-corrected chi connectivity index (χ2v) is 6.37. The highest BCUT2D eigenvalue weighted by Gasteiger charge is 2.13. The molecule has 3 aromatic rings. The van der Waals surface area contributed by atoms with Crippen molar-refractivity contribution in [3.63, 3.8) is 0 Å². The number of ether oxygens (including phenoxy) is 1. The third-order valence-corrected chi connectivity index (χ3v) is 4.37. The number of furan rings is 1. The molecule has 8 heteroatoms. The average Bonchev–Trinajstić information content (AvgIpc) is 3.23. The summed E-state index contributed by atoms with van der Waals surface area (Å²) in [7, 11) is 1.49. The van der Waals surface area contributed by atoms with Gasteiger partial charge in [-0.15, -0.1) is 0 Å². The molecule has 0 aliphatic carbocycles. The van der Waals surface area contributed by atoms with E-state index in [1.807, 2.05) is 32.0 Å². The number of carbonyl (C=O) groups is 1. The SMILES string of the molecule is Cc1cccc(OCc2ccc(C(=O)N/N=C/c3c(C)nn(C)c3F)o2)c1C. The van der Waals surface area contributed by atoms with Crippen LogP contribution in [0.1, 0.15) is 38.7 Å². The van der Waals surface area contributed by atoms with Crippen molar-refractivity contribution in [1.29, 1.82) is 0 Å². The van der Waals surface area contributed by atoms with E-state index in [1.54, 1.807) is 13.0 Å². The molecule has 2 heterocycles. The van der Waals surface area contributed by atoms with Gasteiger partial charge in [0.25, 0.3) is 0 Å². The summed E-state index contributed by atoms with van der Waals surface area (Å²) in [5.41, 5.74) is 5.18. The highest BCUT2D eigenvalue weighted by molar-refractivity contribution is 5.92. The fourth-order valence-corrected chi connectivity index (χ4v) is 2.61. The summed E-state index contributed by atoms with van der Waals surface area (Å²) in [6.45, 7) is 5.84. The van der Waals surface area contributed by atoms with Crippen molar-refractivity contribution in [3.05, 3.63) is 70.2 Å². The molecule has 0 saturated carbocycles. The molecule has 0 unspecified atom stereocenters. The Kier molecular flexibility index (Phi) is 5.58. The van der Waals surface area contributed by atoms with E-state index in [9.17, 15) is 9.18 Å². The number of hydrogen-bond acceptors (Lipinski definition) is 5. The lowest BCUT2D eigenvalue weighted by Gasteiger charge is -2.09. The average molecular weight is 384 g/mol. The predicted octanol–water partition coefficient (Wildman–Crippen LogP) is 3.42. The molecule has 0 radical (unpaired) electrons. The fourth-order valence-electron chi connectivity index (χ4n) is 2.61. The molecular formula is C20H21FN4O3. The molecule has 0 atom stereocenters. The smallest absolute Gasteiger partial charge is 0.307 e. The van der Waals surface area contributed by atoms with Crippen LogP contribution in [-0.4, -0.2) is 21.9 Å². The Morgan fingerprint density at radius 1 is 1.32 bits per heavy atom. The number of rotatable bonds is 6. The summed E-state index contributed by atoms with van der Waals surface area (Å²) < 4.78 is 26.2. The zero-order valence-electron chi connectivity index (χ0n) is 16.1. The quantitative estimate of drug-likeness (QED) is 0.522. The van der Waals surface area contributed by atoms with Crippen LogP contribution in [0.15, 0.2) is 39.9 Å². The zero-order valence-corrected chi connectivity index (χ0v) is 16.1. The second kappa shape index (κ2) is 8.08. The molecule has 146 valence electrons. The molecule has 0 saturated heterocycles. The zero-order chi connectivity index (χ0) is 20.3. The van der Waals surface area contributed by atoms with Crippen LogP contribution in [0.2, 0.25) is 0 Å². The summed E-state index contributed by atoms with van der Waals surface area (Å²) in [5, 5.41) is 7.70. The summed E-state index contributed by atoms with van der Waals surface area (Å²) in [5.74, 6) is 0.278. The normalized spacial score (nSPS) is 11.2. The number of hydrazone groups is 1. The largest absolute Gasteiger partial charge is 0.485 e. The van der Waals surface area contributed by atoms with E-state index in [0.29, 0.717) is 11.5 Å². The van der Waals surface area contributed by atoms with Crippen LogP contribution in [0.4, 0.5) is 4.39 Å². The molecular weight excluding hydrogens is 363 g/mol. The van der Waals surface area contributed by atoms with Gasteiger partial charge in [0, 0.05) is 7.05 Å². The highest BCUT2D eigenvalue weighted by Crippen LogP contribution is 2.22. The summed E-state index contributed by atoms with van der Waals surface area (Å²) in [6, 6.07) is 9.00. The first-order valence-corrected chi connectivity index (χ1v) is 8.67. The van der Waals surface area contributed by atoms with Crippen LogP contribution in [-0.2, 0) is 13.7 Å². The number of aromatic nitrogens is 2. The first-order valence-electron chi connectivity index (χ1n) is 8.67. The second-order valence-electron chi connectivity index (χ2n) is 6.37. The summed E-state index contributed by atoms with van der Waals surface area (Å²) in [4.78, 5) is 12.1. The highest BCUT2D eigenvalue weighted by atomic mass is 19.1. The van der Waals surface area contributed by atoms with Gasteiger partial charge in [-0.05, 0) is 50.1 Å². The van der Waals surface area contributed by atoms with E-state index in [-0.39, 0.29) is 17.9 Å². The van der Waals surface area contributed by atoms with E-state index in [2.05, 4.69) is 15.6 Å². The van der Waals surface area contributed by atoms with Crippen molar-refractivity contribution in [2.24, 2.45) is 12.1 Å². The lowest BCUT2D eigenvalue weighted by molar-refractivity contribution is 0.0923. The van der Waals surface area contributed by atoms with Gasteiger partial charge in [-0.1, -0.05) is 12.1 Å². The summed E-state index contributed by atoms with van der Waals surface area (Å²) >= 11 is 0. The number of benzene rings is 1. The molecule has 0 bridgehead atoms. The van der Waals surface area contributed by atoms with Crippen LogP contribution in [0.25, 0.3) is 0 Å². The van der Waals surface area contributed by atoms with Crippen molar-refractivity contribution in [3.8, 4) is 5.75 Å². The number of nitrogens with one attached hydrogen (secondary N) is 1. The van der Waals surface area contributed by atoms with Gasteiger partial charge in [-0.3, -0.25) is 4.79 Å². The maximum absolute atomic E-state index is 13.8. The third kappa shape index (κ3) is 4.11. The minimum atomic E-state index is -0.545. The first-order chi connectivity index (χ1) is 13.4. The van der Waals surface area contributed by atoms with Gasteiger partial charge in [0.1, 0.15) is 18.1 Å². The Morgan fingerprint density at radius 2 is 2.11 bits per heavy atom. The number of nitrogens with zero attached hydrogens (tertiary/aromatic N) is 3. The molecule has 1 amide bonds. The van der Waals surface area contributed by atoms with Crippen molar-refractivity contribution in [1.82, 2.24) is 15.2 Å². The van der Waals surface area contributed by atoms with E-state index >= 15 is 0 Å². The van der Waals surface area contributed by atoms with Gasteiger partial charge in [0.05, 0.1) is 17.5 Å². The van der Waals surface area contributed by atoms with Gasteiger partial charge in [-0.25, -0.2) is 10.1 Å². The molecule has 0 aliphatic heterocycles. The van der Waals surface area contributed by atoms with Crippen molar-refractivity contribution >= 4 is 12.1 Å². The van der Waals surface area contributed by atoms with Crippen molar-refractivity contribution in [2.45, 2.75) is 27.4 Å². The molecule has 0 fully saturated rings. The van der Waals surface area contributed by atoms with Crippen LogP contribution >= 0.6 is 0 Å². The van der Waals surface area contributed by atoms with Gasteiger partial charge in [0.15, 0.2) is 5.76 Å². The number of aryl methyl sites for hydroxylation is 3. The molecule has 2 aromatic heterocycles. The number of hydrogen-bond donors (Lipinski definition) is 1. The molecule has 1 aromatic carbocycles. The van der Waals surface area contributed by atoms with E-state index in [0.717, 1.165) is 21.6 Å². The molecule has 1 N–H and O–H groups in total. The Labute approximate surface area is 161 Å². The van der Waals surface area contributed by atoms with Crippen LogP contribution in [0, 0.1) is 26.7 Å². The topological polar surface area (TPSA) is 81.6 Å². The molecule has 0 spiro atoms. The van der Waals surface area contributed by atoms with E-state index < -0.39 is 11.9 Å².